The second-order valence-electron chi connectivity index (χ2n) is 5.26. The Morgan fingerprint density at radius 3 is 2.79 bits per heavy atom. The number of para-hydroxylation sites is 1. The third kappa shape index (κ3) is 4.68. The van der Waals surface area contributed by atoms with Gasteiger partial charge in [-0.05, 0) is 25.0 Å². The number of nitrogens with one attached hydrogen (secondary N) is 1. The van der Waals surface area contributed by atoms with Crippen molar-refractivity contribution in [1.29, 1.82) is 0 Å². The summed E-state index contributed by atoms with van der Waals surface area (Å²) in [5.41, 5.74) is 0. The molecule has 0 radical (unpaired) electrons. The van der Waals surface area contributed by atoms with E-state index in [1.165, 1.54) is 0 Å². The molecule has 2 unspecified atom stereocenters. The summed E-state index contributed by atoms with van der Waals surface area (Å²) in [5, 5.41) is 4.06. The van der Waals surface area contributed by atoms with Gasteiger partial charge >= 0.3 is 0 Å². The Bertz CT molecular complexity index is 397. The van der Waals surface area contributed by atoms with Gasteiger partial charge in [-0.3, -0.25) is 0 Å². The highest BCUT2D eigenvalue weighted by Gasteiger charge is 2.25. The summed E-state index contributed by atoms with van der Waals surface area (Å²) in [5.74, 6) is 0.733. The maximum atomic E-state index is 6.05. The first kappa shape index (κ1) is 14.6. The number of halogens is 1. The third-order valence-electron chi connectivity index (χ3n) is 3.21. The molecule has 1 aliphatic heterocycles. The standard InChI is InChI=1S/C15H22ClNO2/c1-11(2)17-9-12-7-8-13(19-12)10-18-15-6-4-3-5-14(15)16/h3-6,11-13,17H,7-10H2,1-2H3. The molecule has 2 rings (SSSR count). The molecule has 0 saturated carbocycles. The molecule has 0 aliphatic carbocycles. The SMILES string of the molecule is CC(C)NCC1CCC(COc2ccccc2Cl)O1. The van der Waals surface area contributed by atoms with Gasteiger partial charge in [-0.25, -0.2) is 0 Å². The van der Waals surface area contributed by atoms with Crippen molar-refractivity contribution in [3.8, 4) is 5.75 Å². The first-order chi connectivity index (χ1) is 9.15. The molecular weight excluding hydrogens is 262 g/mol. The molecule has 4 heteroatoms. The Labute approximate surface area is 120 Å². The molecule has 106 valence electrons. The zero-order chi connectivity index (χ0) is 13.7. The zero-order valence-electron chi connectivity index (χ0n) is 11.6. The molecule has 1 fully saturated rings. The lowest BCUT2D eigenvalue weighted by atomic mass is 10.2. The van der Waals surface area contributed by atoms with Crippen molar-refractivity contribution in [2.24, 2.45) is 0 Å². The van der Waals surface area contributed by atoms with E-state index in [-0.39, 0.29) is 6.10 Å². The summed E-state index contributed by atoms with van der Waals surface area (Å²) < 4.78 is 11.7. The molecule has 0 amide bonds. The molecule has 0 aromatic heterocycles. The van der Waals surface area contributed by atoms with Crippen molar-refractivity contribution < 1.29 is 9.47 Å². The van der Waals surface area contributed by atoms with Gasteiger partial charge in [0.05, 0.1) is 17.2 Å². The average Bonchev–Trinajstić information content (AvgIpc) is 2.83. The summed E-state index contributed by atoms with van der Waals surface area (Å²) in [6, 6.07) is 8.04. The van der Waals surface area contributed by atoms with E-state index < -0.39 is 0 Å². The monoisotopic (exact) mass is 283 g/mol. The van der Waals surface area contributed by atoms with Gasteiger partial charge in [0.15, 0.2) is 0 Å². The fourth-order valence-corrected chi connectivity index (χ4v) is 2.35. The van der Waals surface area contributed by atoms with Gasteiger partial charge < -0.3 is 14.8 Å². The van der Waals surface area contributed by atoms with Crippen molar-refractivity contribution in [3.63, 3.8) is 0 Å². The van der Waals surface area contributed by atoms with Gasteiger partial charge in [-0.2, -0.15) is 0 Å². The van der Waals surface area contributed by atoms with Crippen LogP contribution in [0.5, 0.6) is 5.75 Å². The molecule has 3 nitrogen and oxygen atoms in total. The lowest BCUT2D eigenvalue weighted by Gasteiger charge is -2.16. The van der Waals surface area contributed by atoms with Crippen LogP contribution in [0.1, 0.15) is 26.7 Å². The van der Waals surface area contributed by atoms with Crippen molar-refractivity contribution in [3.05, 3.63) is 29.3 Å². The van der Waals surface area contributed by atoms with E-state index in [0.29, 0.717) is 23.8 Å². The van der Waals surface area contributed by atoms with Crippen LogP contribution < -0.4 is 10.1 Å². The van der Waals surface area contributed by atoms with Crippen molar-refractivity contribution in [2.45, 2.75) is 44.9 Å². The molecular formula is C15H22ClNO2. The fourth-order valence-electron chi connectivity index (χ4n) is 2.16. The summed E-state index contributed by atoms with van der Waals surface area (Å²) in [4.78, 5) is 0. The highest BCUT2D eigenvalue weighted by Crippen LogP contribution is 2.25. The predicted octanol–water partition coefficient (Wildman–Crippen LogP) is 3.26. The Kier molecular flexibility index (Phi) is 5.49. The number of hydrogen-bond acceptors (Lipinski definition) is 3. The van der Waals surface area contributed by atoms with Crippen molar-refractivity contribution in [2.75, 3.05) is 13.2 Å². The minimum atomic E-state index is 0.176. The molecule has 1 saturated heterocycles. The molecule has 0 spiro atoms. The summed E-state index contributed by atoms with van der Waals surface area (Å²) in [6.07, 6.45) is 2.63. The zero-order valence-corrected chi connectivity index (χ0v) is 12.3. The summed E-state index contributed by atoms with van der Waals surface area (Å²) in [6.45, 7) is 5.78. The second kappa shape index (κ2) is 7.13. The van der Waals surface area contributed by atoms with E-state index in [9.17, 15) is 0 Å². The molecule has 1 aromatic carbocycles. The van der Waals surface area contributed by atoms with E-state index in [0.717, 1.165) is 25.1 Å². The van der Waals surface area contributed by atoms with Gasteiger partial charge in [0.2, 0.25) is 0 Å². The Balaban J connectivity index is 1.72. The second-order valence-corrected chi connectivity index (χ2v) is 5.67. The topological polar surface area (TPSA) is 30.5 Å². The number of rotatable bonds is 6. The van der Waals surface area contributed by atoms with Crippen LogP contribution in [-0.4, -0.2) is 31.4 Å². The van der Waals surface area contributed by atoms with E-state index in [1.807, 2.05) is 24.3 Å². The maximum Gasteiger partial charge on any atom is 0.138 e. The number of benzene rings is 1. The van der Waals surface area contributed by atoms with Crippen LogP contribution in [-0.2, 0) is 4.74 Å². The van der Waals surface area contributed by atoms with Crippen LogP contribution in [0.3, 0.4) is 0 Å². The van der Waals surface area contributed by atoms with E-state index in [2.05, 4.69) is 19.2 Å². The van der Waals surface area contributed by atoms with Crippen LogP contribution in [0.4, 0.5) is 0 Å². The highest BCUT2D eigenvalue weighted by atomic mass is 35.5. The lowest BCUT2D eigenvalue weighted by molar-refractivity contribution is 0.0179. The van der Waals surface area contributed by atoms with Gasteiger partial charge in [0, 0.05) is 12.6 Å². The lowest BCUT2D eigenvalue weighted by Crippen LogP contribution is -2.32. The summed E-state index contributed by atoms with van der Waals surface area (Å²) >= 11 is 6.05. The average molecular weight is 284 g/mol. The first-order valence-corrected chi connectivity index (χ1v) is 7.29. The van der Waals surface area contributed by atoms with Crippen molar-refractivity contribution in [1.82, 2.24) is 5.32 Å². The van der Waals surface area contributed by atoms with Crippen molar-refractivity contribution >= 4 is 11.6 Å². The fraction of sp³-hybridized carbons (Fsp3) is 0.600. The molecule has 0 bridgehead atoms. The van der Waals surface area contributed by atoms with Gasteiger partial charge in [-0.15, -0.1) is 0 Å². The first-order valence-electron chi connectivity index (χ1n) is 6.91. The smallest absolute Gasteiger partial charge is 0.138 e. The quantitative estimate of drug-likeness (QED) is 0.869. The summed E-state index contributed by atoms with van der Waals surface area (Å²) in [7, 11) is 0. The van der Waals surface area contributed by atoms with Gasteiger partial charge in [-0.1, -0.05) is 37.6 Å². The Morgan fingerprint density at radius 1 is 1.32 bits per heavy atom. The highest BCUT2D eigenvalue weighted by molar-refractivity contribution is 6.32. The van der Waals surface area contributed by atoms with E-state index in [4.69, 9.17) is 21.1 Å². The van der Waals surface area contributed by atoms with E-state index >= 15 is 0 Å². The maximum absolute atomic E-state index is 6.05. The van der Waals surface area contributed by atoms with Gasteiger partial charge in [0.25, 0.3) is 0 Å². The molecule has 1 N–H and O–H groups in total. The van der Waals surface area contributed by atoms with Crippen LogP contribution in [0, 0.1) is 0 Å². The molecule has 1 aromatic rings. The van der Waals surface area contributed by atoms with E-state index in [1.54, 1.807) is 0 Å². The molecule has 19 heavy (non-hydrogen) atoms. The molecule has 1 aliphatic rings. The predicted molar refractivity (Wildman–Crippen MR) is 78.0 cm³/mol. The molecule has 1 heterocycles. The minimum absolute atomic E-state index is 0.176. The number of hydrogen-bond donors (Lipinski definition) is 1. The Morgan fingerprint density at radius 2 is 2.05 bits per heavy atom. The van der Waals surface area contributed by atoms with Crippen LogP contribution in [0.15, 0.2) is 24.3 Å². The third-order valence-corrected chi connectivity index (χ3v) is 3.52. The Hall–Kier alpha value is -0.770. The van der Waals surface area contributed by atoms with Crippen LogP contribution in [0.25, 0.3) is 0 Å². The molecule has 2 atom stereocenters. The van der Waals surface area contributed by atoms with Gasteiger partial charge in [0.1, 0.15) is 12.4 Å². The normalized spacial score (nSPS) is 22.9. The van der Waals surface area contributed by atoms with Crippen LogP contribution in [0.2, 0.25) is 5.02 Å². The largest absolute Gasteiger partial charge is 0.489 e. The number of ether oxygens (including phenoxy) is 2. The van der Waals surface area contributed by atoms with Crippen LogP contribution >= 0.6 is 11.6 Å². The minimum Gasteiger partial charge on any atom is -0.489 e.